The van der Waals surface area contributed by atoms with E-state index in [0.717, 1.165) is 16.9 Å². The normalized spacial score (nSPS) is 10.7. The SMILES string of the molecule is CN(Cc1nc2ccccc2[nH]1)C(=O)c1ccc(N)cc1. The molecule has 0 aliphatic carbocycles. The highest BCUT2D eigenvalue weighted by molar-refractivity contribution is 5.94. The van der Waals surface area contributed by atoms with Gasteiger partial charge in [-0.25, -0.2) is 4.98 Å². The van der Waals surface area contributed by atoms with E-state index in [0.29, 0.717) is 17.8 Å². The summed E-state index contributed by atoms with van der Waals surface area (Å²) in [6.45, 7) is 0.428. The minimum absolute atomic E-state index is 0.0598. The van der Waals surface area contributed by atoms with Crippen molar-refractivity contribution >= 4 is 22.6 Å². The van der Waals surface area contributed by atoms with Crippen LogP contribution in [0, 0.1) is 0 Å². The second-order valence-corrected chi connectivity index (χ2v) is 4.98. The molecule has 0 saturated carbocycles. The van der Waals surface area contributed by atoms with E-state index in [4.69, 9.17) is 5.73 Å². The maximum atomic E-state index is 12.3. The molecule has 0 radical (unpaired) electrons. The number of carbonyl (C=O) groups excluding carboxylic acids is 1. The highest BCUT2D eigenvalue weighted by atomic mass is 16.2. The number of carbonyl (C=O) groups is 1. The van der Waals surface area contributed by atoms with Gasteiger partial charge in [-0.1, -0.05) is 12.1 Å². The largest absolute Gasteiger partial charge is 0.399 e. The standard InChI is InChI=1S/C16H16N4O/c1-20(16(21)11-6-8-12(17)9-7-11)10-15-18-13-4-2-3-5-14(13)19-15/h2-9H,10,17H2,1H3,(H,18,19). The van der Waals surface area contributed by atoms with Crippen molar-refractivity contribution in [3.05, 3.63) is 59.9 Å². The molecule has 5 nitrogen and oxygen atoms in total. The average molecular weight is 280 g/mol. The molecule has 0 unspecified atom stereocenters. The van der Waals surface area contributed by atoms with Crippen LogP contribution in [0.2, 0.25) is 0 Å². The Morgan fingerprint density at radius 1 is 1.19 bits per heavy atom. The van der Waals surface area contributed by atoms with Gasteiger partial charge in [-0.05, 0) is 36.4 Å². The van der Waals surface area contributed by atoms with Crippen LogP contribution < -0.4 is 5.73 Å². The fourth-order valence-electron chi connectivity index (χ4n) is 2.22. The highest BCUT2D eigenvalue weighted by Gasteiger charge is 2.13. The lowest BCUT2D eigenvalue weighted by atomic mass is 10.2. The van der Waals surface area contributed by atoms with Crippen molar-refractivity contribution in [2.24, 2.45) is 0 Å². The van der Waals surface area contributed by atoms with Gasteiger partial charge in [0.05, 0.1) is 17.6 Å². The molecule has 1 heterocycles. The molecule has 0 saturated heterocycles. The molecule has 0 atom stereocenters. The van der Waals surface area contributed by atoms with Crippen LogP contribution in [0.1, 0.15) is 16.2 Å². The van der Waals surface area contributed by atoms with Gasteiger partial charge in [-0.15, -0.1) is 0 Å². The van der Waals surface area contributed by atoms with Crippen molar-refractivity contribution in [2.75, 3.05) is 12.8 Å². The van der Waals surface area contributed by atoms with Gasteiger partial charge in [0.15, 0.2) is 0 Å². The first kappa shape index (κ1) is 13.2. The van der Waals surface area contributed by atoms with Crippen molar-refractivity contribution in [1.82, 2.24) is 14.9 Å². The van der Waals surface area contributed by atoms with Crippen molar-refractivity contribution < 1.29 is 4.79 Å². The van der Waals surface area contributed by atoms with Crippen LogP contribution in [-0.4, -0.2) is 27.8 Å². The molecule has 0 aliphatic rings. The summed E-state index contributed by atoms with van der Waals surface area (Å²) in [6, 6.07) is 14.7. The zero-order chi connectivity index (χ0) is 14.8. The molecule has 106 valence electrons. The second-order valence-electron chi connectivity index (χ2n) is 4.98. The maximum absolute atomic E-state index is 12.3. The monoisotopic (exact) mass is 280 g/mol. The number of nitrogens with zero attached hydrogens (tertiary/aromatic N) is 2. The minimum atomic E-state index is -0.0598. The molecule has 2 aromatic carbocycles. The lowest BCUT2D eigenvalue weighted by Gasteiger charge is -2.15. The van der Waals surface area contributed by atoms with Crippen LogP contribution in [0.15, 0.2) is 48.5 Å². The van der Waals surface area contributed by atoms with Crippen LogP contribution in [0.5, 0.6) is 0 Å². The number of para-hydroxylation sites is 2. The fraction of sp³-hybridized carbons (Fsp3) is 0.125. The summed E-state index contributed by atoms with van der Waals surface area (Å²) in [5.74, 6) is 0.706. The summed E-state index contributed by atoms with van der Waals surface area (Å²) in [5.41, 5.74) is 8.76. The molecule has 3 rings (SSSR count). The summed E-state index contributed by atoms with van der Waals surface area (Å²) < 4.78 is 0. The maximum Gasteiger partial charge on any atom is 0.254 e. The van der Waals surface area contributed by atoms with Crippen LogP contribution in [0.3, 0.4) is 0 Å². The van der Waals surface area contributed by atoms with Crippen molar-refractivity contribution in [3.8, 4) is 0 Å². The Morgan fingerprint density at radius 3 is 2.62 bits per heavy atom. The molecule has 0 bridgehead atoms. The molecule has 0 fully saturated rings. The van der Waals surface area contributed by atoms with E-state index in [1.165, 1.54) is 0 Å². The number of nitrogen functional groups attached to an aromatic ring is 1. The topological polar surface area (TPSA) is 75.0 Å². The first-order valence-corrected chi connectivity index (χ1v) is 6.68. The number of amides is 1. The van der Waals surface area contributed by atoms with Gasteiger partial charge in [-0.3, -0.25) is 4.79 Å². The van der Waals surface area contributed by atoms with Gasteiger partial charge >= 0.3 is 0 Å². The van der Waals surface area contributed by atoms with Crippen LogP contribution >= 0.6 is 0 Å². The number of anilines is 1. The molecule has 0 aliphatic heterocycles. The number of fused-ring (bicyclic) bond motifs is 1. The smallest absolute Gasteiger partial charge is 0.254 e. The van der Waals surface area contributed by atoms with E-state index in [9.17, 15) is 4.79 Å². The predicted molar refractivity (Wildman–Crippen MR) is 82.7 cm³/mol. The minimum Gasteiger partial charge on any atom is -0.399 e. The van der Waals surface area contributed by atoms with Gasteiger partial charge in [0.2, 0.25) is 0 Å². The predicted octanol–water partition coefficient (Wildman–Crippen LogP) is 2.42. The Labute approximate surface area is 122 Å². The van der Waals surface area contributed by atoms with Crippen molar-refractivity contribution in [1.29, 1.82) is 0 Å². The van der Waals surface area contributed by atoms with E-state index >= 15 is 0 Å². The van der Waals surface area contributed by atoms with Crippen molar-refractivity contribution in [2.45, 2.75) is 6.54 Å². The molecular formula is C16H16N4O. The Balaban J connectivity index is 1.77. The molecule has 0 spiro atoms. The van der Waals surface area contributed by atoms with E-state index < -0.39 is 0 Å². The summed E-state index contributed by atoms with van der Waals surface area (Å²) in [6.07, 6.45) is 0. The number of nitrogens with two attached hydrogens (primary N) is 1. The summed E-state index contributed by atoms with van der Waals surface area (Å²) >= 11 is 0. The number of imidazole rings is 1. The summed E-state index contributed by atoms with van der Waals surface area (Å²) in [7, 11) is 1.76. The average Bonchev–Trinajstić information content (AvgIpc) is 2.89. The van der Waals surface area contributed by atoms with Crippen LogP contribution in [-0.2, 0) is 6.54 Å². The van der Waals surface area contributed by atoms with Gasteiger partial charge in [-0.2, -0.15) is 0 Å². The number of hydrogen-bond donors (Lipinski definition) is 2. The summed E-state index contributed by atoms with van der Waals surface area (Å²) in [5, 5.41) is 0. The van der Waals surface area contributed by atoms with E-state index in [1.807, 2.05) is 24.3 Å². The first-order valence-electron chi connectivity index (χ1n) is 6.68. The summed E-state index contributed by atoms with van der Waals surface area (Å²) in [4.78, 5) is 21.6. The number of H-pyrrole nitrogens is 1. The number of nitrogens with one attached hydrogen (secondary N) is 1. The molecule has 21 heavy (non-hydrogen) atoms. The van der Waals surface area contributed by atoms with Crippen LogP contribution in [0.25, 0.3) is 11.0 Å². The fourth-order valence-corrected chi connectivity index (χ4v) is 2.22. The lowest BCUT2D eigenvalue weighted by Crippen LogP contribution is -2.26. The molecule has 3 aromatic rings. The Bertz CT molecular complexity index is 743. The van der Waals surface area contributed by atoms with Gasteiger partial charge in [0.25, 0.3) is 5.91 Å². The first-order chi connectivity index (χ1) is 10.1. The van der Waals surface area contributed by atoms with Crippen LogP contribution in [0.4, 0.5) is 5.69 Å². The zero-order valence-electron chi connectivity index (χ0n) is 11.7. The Morgan fingerprint density at radius 2 is 1.90 bits per heavy atom. The zero-order valence-corrected chi connectivity index (χ0v) is 11.7. The Hall–Kier alpha value is -2.82. The molecule has 1 amide bonds. The number of aromatic nitrogens is 2. The lowest BCUT2D eigenvalue weighted by molar-refractivity contribution is 0.0782. The van der Waals surface area contributed by atoms with Gasteiger partial charge < -0.3 is 15.6 Å². The highest BCUT2D eigenvalue weighted by Crippen LogP contribution is 2.13. The third-order valence-corrected chi connectivity index (χ3v) is 3.33. The number of hydrogen-bond acceptors (Lipinski definition) is 3. The molecule has 5 heteroatoms. The third kappa shape index (κ3) is 2.72. The second kappa shape index (κ2) is 5.28. The number of benzene rings is 2. The van der Waals surface area contributed by atoms with E-state index in [2.05, 4.69) is 9.97 Å². The Kier molecular flexibility index (Phi) is 3.31. The van der Waals surface area contributed by atoms with E-state index in [1.54, 1.807) is 36.2 Å². The van der Waals surface area contributed by atoms with Crippen molar-refractivity contribution in [3.63, 3.8) is 0 Å². The number of rotatable bonds is 3. The molecule has 3 N–H and O–H groups in total. The quantitative estimate of drug-likeness (QED) is 0.723. The molecule has 1 aromatic heterocycles. The van der Waals surface area contributed by atoms with E-state index in [-0.39, 0.29) is 5.91 Å². The van der Waals surface area contributed by atoms with Gasteiger partial charge in [0.1, 0.15) is 5.82 Å². The number of aromatic amines is 1. The van der Waals surface area contributed by atoms with Gasteiger partial charge in [0, 0.05) is 18.3 Å². The third-order valence-electron chi connectivity index (χ3n) is 3.33. The molecular weight excluding hydrogens is 264 g/mol.